The predicted octanol–water partition coefficient (Wildman–Crippen LogP) is 1.75. The van der Waals surface area contributed by atoms with Crippen LogP contribution in [0.1, 0.15) is 22.7 Å². The van der Waals surface area contributed by atoms with Crippen molar-refractivity contribution in [1.82, 2.24) is 4.90 Å². The number of primary amides is 1. The van der Waals surface area contributed by atoms with Gasteiger partial charge in [0.25, 0.3) is 5.69 Å². The van der Waals surface area contributed by atoms with Crippen molar-refractivity contribution in [2.75, 3.05) is 6.54 Å². The molecule has 1 heterocycles. The van der Waals surface area contributed by atoms with Gasteiger partial charge in [-0.15, -0.1) is 0 Å². The molecule has 7 nitrogen and oxygen atoms in total. The summed E-state index contributed by atoms with van der Waals surface area (Å²) in [4.78, 5) is 36.4. The smallest absolute Gasteiger partial charge is 0.269 e. The van der Waals surface area contributed by atoms with Crippen molar-refractivity contribution < 1.29 is 14.5 Å². The van der Waals surface area contributed by atoms with Gasteiger partial charge in [0, 0.05) is 18.7 Å². The molecule has 1 unspecified atom stereocenters. The Morgan fingerprint density at radius 1 is 1.16 bits per heavy atom. The summed E-state index contributed by atoms with van der Waals surface area (Å²) >= 11 is 0. The van der Waals surface area contributed by atoms with Crippen LogP contribution in [0.15, 0.2) is 48.5 Å². The quantitative estimate of drug-likeness (QED) is 0.676. The highest BCUT2D eigenvalue weighted by atomic mass is 16.6. The van der Waals surface area contributed by atoms with E-state index in [1.54, 1.807) is 12.1 Å². The van der Waals surface area contributed by atoms with E-state index in [9.17, 15) is 19.7 Å². The highest BCUT2D eigenvalue weighted by molar-refractivity contribution is 5.89. The number of hydrogen-bond donors (Lipinski definition) is 1. The van der Waals surface area contributed by atoms with E-state index in [-0.39, 0.29) is 18.0 Å². The summed E-state index contributed by atoms with van der Waals surface area (Å²) in [7, 11) is 0. The van der Waals surface area contributed by atoms with E-state index in [0.717, 1.165) is 11.1 Å². The molecule has 0 aromatic heterocycles. The van der Waals surface area contributed by atoms with Gasteiger partial charge in [0.2, 0.25) is 11.8 Å². The molecular weight excluding hydrogens is 322 g/mol. The molecular formula is C18H17N3O4. The minimum Gasteiger partial charge on any atom is -0.368 e. The number of fused-ring (bicyclic) bond motifs is 1. The molecule has 0 radical (unpaired) electrons. The number of non-ortho nitro benzene ring substituents is 1. The minimum absolute atomic E-state index is 0.0295. The van der Waals surface area contributed by atoms with Crippen LogP contribution in [0, 0.1) is 10.1 Å². The van der Waals surface area contributed by atoms with Crippen LogP contribution < -0.4 is 5.73 Å². The molecule has 2 amide bonds. The summed E-state index contributed by atoms with van der Waals surface area (Å²) in [6, 6.07) is 12.5. The zero-order valence-electron chi connectivity index (χ0n) is 13.4. The zero-order valence-corrected chi connectivity index (χ0v) is 13.4. The lowest BCUT2D eigenvalue weighted by Crippen LogP contribution is -2.46. The Morgan fingerprint density at radius 2 is 1.84 bits per heavy atom. The van der Waals surface area contributed by atoms with E-state index >= 15 is 0 Å². The van der Waals surface area contributed by atoms with Gasteiger partial charge >= 0.3 is 0 Å². The van der Waals surface area contributed by atoms with Gasteiger partial charge in [-0.2, -0.15) is 0 Å². The van der Waals surface area contributed by atoms with Gasteiger partial charge in [0.1, 0.15) is 6.04 Å². The number of carbonyl (C=O) groups is 2. The van der Waals surface area contributed by atoms with Crippen LogP contribution in [0.4, 0.5) is 5.69 Å². The summed E-state index contributed by atoms with van der Waals surface area (Å²) in [6.45, 7) is 0.413. The van der Waals surface area contributed by atoms with E-state index in [2.05, 4.69) is 0 Å². The third-order valence-corrected chi connectivity index (χ3v) is 4.38. The van der Waals surface area contributed by atoms with Crippen LogP contribution in [0.25, 0.3) is 0 Å². The van der Waals surface area contributed by atoms with Crippen LogP contribution in [0.5, 0.6) is 0 Å². The summed E-state index contributed by atoms with van der Waals surface area (Å²) in [5.41, 5.74) is 7.95. The van der Waals surface area contributed by atoms with Crippen molar-refractivity contribution >= 4 is 17.5 Å². The highest BCUT2D eigenvalue weighted by Crippen LogP contribution is 2.30. The third kappa shape index (κ3) is 3.35. The van der Waals surface area contributed by atoms with Crippen LogP contribution in [0.3, 0.4) is 0 Å². The van der Waals surface area contributed by atoms with Crippen LogP contribution >= 0.6 is 0 Å². The molecule has 0 bridgehead atoms. The Kier molecular flexibility index (Phi) is 4.47. The van der Waals surface area contributed by atoms with Gasteiger partial charge in [-0.05, 0) is 23.1 Å². The van der Waals surface area contributed by atoms with Gasteiger partial charge in [-0.3, -0.25) is 19.7 Å². The fourth-order valence-corrected chi connectivity index (χ4v) is 3.15. The molecule has 1 atom stereocenters. The molecule has 2 N–H and O–H groups in total. The molecule has 2 aromatic carbocycles. The molecule has 0 fully saturated rings. The molecule has 0 aliphatic carbocycles. The number of amides is 2. The number of nitrogens with zero attached hydrogens (tertiary/aromatic N) is 2. The first kappa shape index (κ1) is 16.6. The van der Waals surface area contributed by atoms with E-state index in [1.165, 1.54) is 17.0 Å². The lowest BCUT2D eigenvalue weighted by molar-refractivity contribution is -0.384. The fourth-order valence-electron chi connectivity index (χ4n) is 3.15. The van der Waals surface area contributed by atoms with Crippen molar-refractivity contribution in [3.05, 3.63) is 75.3 Å². The van der Waals surface area contributed by atoms with Gasteiger partial charge in [-0.25, -0.2) is 0 Å². The Hall–Kier alpha value is -3.22. The molecule has 0 saturated carbocycles. The Balaban J connectivity index is 1.81. The van der Waals surface area contributed by atoms with Crippen LogP contribution in [0.2, 0.25) is 0 Å². The van der Waals surface area contributed by atoms with Crippen molar-refractivity contribution in [2.45, 2.75) is 18.9 Å². The number of nitro benzene ring substituents is 1. The number of rotatable bonds is 4. The first-order valence-corrected chi connectivity index (χ1v) is 7.87. The first-order chi connectivity index (χ1) is 12.0. The summed E-state index contributed by atoms with van der Waals surface area (Å²) < 4.78 is 0. The second-order valence-corrected chi connectivity index (χ2v) is 5.94. The number of nitro groups is 1. The predicted molar refractivity (Wildman–Crippen MR) is 90.6 cm³/mol. The van der Waals surface area contributed by atoms with Gasteiger partial charge in [0.15, 0.2) is 0 Å². The maximum Gasteiger partial charge on any atom is 0.269 e. The first-order valence-electron chi connectivity index (χ1n) is 7.87. The number of benzene rings is 2. The SMILES string of the molecule is NC(=O)C1c2ccccc2CCN1C(=O)Cc1ccc([N+](=O)[O-])cc1. The molecule has 1 aliphatic heterocycles. The average molecular weight is 339 g/mol. The van der Waals surface area contributed by atoms with Crippen LogP contribution in [-0.2, 0) is 22.4 Å². The maximum atomic E-state index is 12.7. The molecule has 2 aromatic rings. The molecule has 0 saturated heterocycles. The van der Waals surface area contributed by atoms with Crippen molar-refractivity contribution in [2.24, 2.45) is 5.73 Å². The van der Waals surface area contributed by atoms with Gasteiger partial charge < -0.3 is 10.6 Å². The monoisotopic (exact) mass is 339 g/mol. The molecule has 0 spiro atoms. The normalized spacial score (nSPS) is 16.2. The fraction of sp³-hybridized carbons (Fsp3) is 0.222. The Morgan fingerprint density at radius 3 is 2.48 bits per heavy atom. The highest BCUT2D eigenvalue weighted by Gasteiger charge is 2.34. The van der Waals surface area contributed by atoms with E-state index < -0.39 is 16.9 Å². The van der Waals surface area contributed by atoms with Crippen LogP contribution in [-0.4, -0.2) is 28.2 Å². The lowest BCUT2D eigenvalue weighted by atomic mass is 9.91. The topological polar surface area (TPSA) is 107 Å². The maximum absolute atomic E-state index is 12.7. The number of hydrogen-bond acceptors (Lipinski definition) is 4. The molecule has 128 valence electrons. The minimum atomic E-state index is -0.782. The van der Waals surface area contributed by atoms with Crippen molar-refractivity contribution in [1.29, 1.82) is 0 Å². The molecule has 25 heavy (non-hydrogen) atoms. The molecule has 1 aliphatic rings. The number of nitrogens with two attached hydrogens (primary N) is 1. The third-order valence-electron chi connectivity index (χ3n) is 4.38. The van der Waals surface area contributed by atoms with Gasteiger partial charge in [0.05, 0.1) is 11.3 Å². The number of carbonyl (C=O) groups excluding carboxylic acids is 2. The lowest BCUT2D eigenvalue weighted by Gasteiger charge is -2.35. The van der Waals surface area contributed by atoms with E-state index in [4.69, 9.17) is 5.73 Å². The van der Waals surface area contributed by atoms with E-state index in [1.807, 2.05) is 24.3 Å². The second kappa shape index (κ2) is 6.72. The summed E-state index contributed by atoms with van der Waals surface area (Å²) in [6.07, 6.45) is 0.718. The van der Waals surface area contributed by atoms with Crippen molar-refractivity contribution in [3.8, 4) is 0 Å². The molecule has 7 heteroatoms. The standard InChI is InChI=1S/C18H17N3O4/c19-18(23)17-15-4-2-1-3-13(15)9-10-20(17)16(22)11-12-5-7-14(8-6-12)21(24)25/h1-8,17H,9-11H2,(H2,19,23). The summed E-state index contributed by atoms with van der Waals surface area (Å²) in [5, 5.41) is 10.7. The largest absolute Gasteiger partial charge is 0.368 e. The van der Waals surface area contributed by atoms with Crippen molar-refractivity contribution in [3.63, 3.8) is 0 Å². The summed E-state index contributed by atoms with van der Waals surface area (Å²) in [5.74, 6) is -0.795. The second-order valence-electron chi connectivity index (χ2n) is 5.94. The Labute approximate surface area is 144 Å². The Bertz CT molecular complexity index is 832. The zero-order chi connectivity index (χ0) is 18.0. The average Bonchev–Trinajstić information content (AvgIpc) is 2.60. The van der Waals surface area contributed by atoms with E-state index in [0.29, 0.717) is 18.5 Å². The van der Waals surface area contributed by atoms with Gasteiger partial charge in [-0.1, -0.05) is 36.4 Å². The molecule has 3 rings (SSSR count).